The van der Waals surface area contributed by atoms with E-state index in [9.17, 15) is 53.4 Å². The third-order valence-electron chi connectivity index (χ3n) is 5.33. The summed E-state index contributed by atoms with van der Waals surface area (Å²) >= 11 is 0. The lowest BCUT2D eigenvalue weighted by Gasteiger charge is -2.28. The highest BCUT2D eigenvalue weighted by Crippen LogP contribution is 2.56. The van der Waals surface area contributed by atoms with Crippen molar-refractivity contribution in [1.29, 1.82) is 0 Å². The predicted octanol–water partition coefficient (Wildman–Crippen LogP) is 6.39. The van der Waals surface area contributed by atoms with E-state index < -0.39 is 91.7 Å². The van der Waals surface area contributed by atoms with Gasteiger partial charge >= 0.3 is 6.18 Å². The standard InChI is InChI=1S/C21H7F11O/c1-5-2-6(4-7(3-5)21(30,31)32)20(33)10-8(12(22)16(26)18(28)14(10)24)9-11(20)15(25)19(29)17(27)13(9)23/h2-4,33H,1H3. The summed E-state index contributed by atoms with van der Waals surface area (Å²) in [4.78, 5) is 0. The van der Waals surface area contributed by atoms with Gasteiger partial charge in [-0.3, -0.25) is 0 Å². The van der Waals surface area contributed by atoms with Crippen LogP contribution in [0.3, 0.4) is 0 Å². The molecule has 0 aliphatic heterocycles. The predicted molar refractivity (Wildman–Crippen MR) is 89.8 cm³/mol. The molecule has 0 unspecified atom stereocenters. The molecule has 3 aromatic carbocycles. The molecular weight excluding hydrogens is 477 g/mol. The lowest BCUT2D eigenvalue weighted by molar-refractivity contribution is -0.137. The van der Waals surface area contributed by atoms with Crippen LogP contribution in [0.25, 0.3) is 11.1 Å². The van der Waals surface area contributed by atoms with Gasteiger partial charge in [0.05, 0.1) is 5.56 Å². The van der Waals surface area contributed by atoms with Crippen molar-refractivity contribution in [2.24, 2.45) is 0 Å². The van der Waals surface area contributed by atoms with Crippen molar-refractivity contribution in [2.75, 3.05) is 0 Å². The Hall–Kier alpha value is -3.15. The van der Waals surface area contributed by atoms with E-state index in [0.717, 1.165) is 6.92 Å². The van der Waals surface area contributed by atoms with Crippen LogP contribution in [0.1, 0.15) is 27.8 Å². The summed E-state index contributed by atoms with van der Waals surface area (Å²) in [5, 5.41) is 11.3. The third-order valence-corrected chi connectivity index (χ3v) is 5.33. The van der Waals surface area contributed by atoms with Gasteiger partial charge in [-0.25, -0.2) is 35.1 Å². The van der Waals surface area contributed by atoms with Gasteiger partial charge < -0.3 is 5.11 Å². The van der Waals surface area contributed by atoms with Crippen molar-refractivity contribution in [3.05, 3.63) is 92.6 Å². The van der Waals surface area contributed by atoms with Crippen LogP contribution >= 0.6 is 0 Å². The van der Waals surface area contributed by atoms with E-state index in [1.807, 2.05) is 0 Å². The van der Waals surface area contributed by atoms with Gasteiger partial charge in [-0.2, -0.15) is 13.2 Å². The van der Waals surface area contributed by atoms with Crippen molar-refractivity contribution in [2.45, 2.75) is 18.7 Å². The number of hydrogen-bond donors (Lipinski definition) is 1. The average Bonchev–Trinajstić information content (AvgIpc) is 3.02. The number of benzene rings is 3. The van der Waals surface area contributed by atoms with Crippen LogP contribution < -0.4 is 0 Å². The van der Waals surface area contributed by atoms with Crippen molar-refractivity contribution in [3.63, 3.8) is 0 Å². The second-order valence-corrected chi connectivity index (χ2v) is 7.31. The van der Waals surface area contributed by atoms with Crippen molar-refractivity contribution >= 4 is 0 Å². The minimum atomic E-state index is -5.10. The van der Waals surface area contributed by atoms with Crippen molar-refractivity contribution in [1.82, 2.24) is 0 Å². The number of rotatable bonds is 1. The summed E-state index contributed by atoms with van der Waals surface area (Å²) in [5.41, 5.74) is -13.6. The van der Waals surface area contributed by atoms with Crippen LogP contribution in [0.2, 0.25) is 0 Å². The van der Waals surface area contributed by atoms with Gasteiger partial charge in [0, 0.05) is 22.3 Å². The fourth-order valence-corrected chi connectivity index (χ4v) is 3.98. The molecule has 1 nitrogen and oxygen atoms in total. The highest BCUT2D eigenvalue weighted by Gasteiger charge is 2.54. The Morgan fingerprint density at radius 3 is 1.39 bits per heavy atom. The van der Waals surface area contributed by atoms with Gasteiger partial charge in [0.15, 0.2) is 46.5 Å². The second-order valence-electron chi connectivity index (χ2n) is 7.31. The quantitative estimate of drug-likeness (QED) is 0.241. The topological polar surface area (TPSA) is 20.2 Å². The van der Waals surface area contributed by atoms with Gasteiger partial charge in [0.25, 0.3) is 0 Å². The van der Waals surface area contributed by atoms with E-state index in [2.05, 4.69) is 0 Å². The van der Waals surface area contributed by atoms with E-state index in [4.69, 9.17) is 0 Å². The second kappa shape index (κ2) is 6.92. The summed E-state index contributed by atoms with van der Waals surface area (Å²) in [6, 6.07) is 1.34. The molecule has 0 radical (unpaired) electrons. The molecule has 0 saturated heterocycles. The molecule has 0 atom stereocenters. The first-order chi connectivity index (χ1) is 15.1. The number of fused-ring (bicyclic) bond motifs is 3. The Kier molecular flexibility index (Phi) is 4.83. The zero-order valence-electron chi connectivity index (χ0n) is 15.8. The zero-order chi connectivity index (χ0) is 24.8. The van der Waals surface area contributed by atoms with E-state index in [1.165, 1.54) is 0 Å². The zero-order valence-corrected chi connectivity index (χ0v) is 15.8. The van der Waals surface area contributed by atoms with Gasteiger partial charge in [-0.1, -0.05) is 11.6 Å². The molecule has 0 saturated carbocycles. The fourth-order valence-electron chi connectivity index (χ4n) is 3.98. The van der Waals surface area contributed by atoms with Crippen molar-refractivity contribution < 1.29 is 53.4 Å². The molecule has 1 N–H and O–H groups in total. The maximum Gasteiger partial charge on any atom is 0.416 e. The first kappa shape index (κ1) is 23.0. The maximum atomic E-state index is 14.8. The summed E-state index contributed by atoms with van der Waals surface area (Å²) in [5.74, 6) is -20.0. The lowest BCUT2D eigenvalue weighted by atomic mass is 9.82. The Morgan fingerprint density at radius 2 is 1.00 bits per heavy atom. The molecule has 174 valence electrons. The molecule has 0 amide bonds. The highest BCUT2D eigenvalue weighted by molar-refractivity contribution is 5.84. The van der Waals surface area contributed by atoms with E-state index in [-0.39, 0.29) is 11.6 Å². The molecule has 0 aromatic heterocycles. The van der Waals surface area contributed by atoms with E-state index >= 15 is 0 Å². The van der Waals surface area contributed by atoms with Gasteiger partial charge in [0.2, 0.25) is 0 Å². The van der Waals surface area contributed by atoms with Crippen LogP contribution in [-0.4, -0.2) is 5.11 Å². The minimum absolute atomic E-state index is 0.114. The Bertz CT molecular complexity index is 1290. The van der Waals surface area contributed by atoms with Gasteiger partial charge in [-0.05, 0) is 24.6 Å². The number of hydrogen-bond acceptors (Lipinski definition) is 1. The summed E-state index contributed by atoms with van der Waals surface area (Å²) in [7, 11) is 0. The van der Waals surface area contributed by atoms with Crippen LogP contribution in [0.4, 0.5) is 48.3 Å². The lowest BCUT2D eigenvalue weighted by Crippen LogP contribution is -2.30. The molecule has 0 bridgehead atoms. The monoisotopic (exact) mass is 484 g/mol. The molecule has 4 rings (SSSR count). The number of alkyl halides is 3. The molecular formula is C21H7F11O. The molecule has 0 spiro atoms. The first-order valence-electron chi connectivity index (χ1n) is 8.78. The number of aryl methyl sites for hydroxylation is 1. The van der Waals surface area contributed by atoms with Crippen LogP contribution in [-0.2, 0) is 11.8 Å². The summed E-state index contributed by atoms with van der Waals surface area (Å²) < 4.78 is 154. The van der Waals surface area contributed by atoms with Crippen LogP contribution in [0, 0.1) is 53.5 Å². The van der Waals surface area contributed by atoms with Gasteiger partial charge in [0.1, 0.15) is 5.60 Å². The first-order valence-corrected chi connectivity index (χ1v) is 8.78. The Labute approximate surface area is 176 Å². The largest absolute Gasteiger partial charge is 0.416 e. The number of halogens is 11. The minimum Gasteiger partial charge on any atom is -0.376 e. The molecule has 0 fully saturated rings. The van der Waals surface area contributed by atoms with Crippen molar-refractivity contribution in [3.8, 4) is 11.1 Å². The van der Waals surface area contributed by atoms with Crippen LogP contribution in [0.5, 0.6) is 0 Å². The van der Waals surface area contributed by atoms with E-state index in [1.54, 1.807) is 0 Å². The Balaban J connectivity index is 2.28. The normalized spacial score (nSPS) is 14.5. The average molecular weight is 484 g/mol. The SMILES string of the molecule is Cc1cc(C(F)(F)F)cc(C2(O)c3c(F)c(F)c(F)c(F)c3-c3c(F)c(F)c(F)c(F)c32)c1. The molecule has 1 aliphatic rings. The van der Waals surface area contributed by atoms with Gasteiger partial charge in [-0.15, -0.1) is 0 Å². The molecule has 0 heterocycles. The van der Waals surface area contributed by atoms with E-state index in [0.29, 0.717) is 12.1 Å². The number of aliphatic hydroxyl groups is 1. The molecule has 33 heavy (non-hydrogen) atoms. The smallest absolute Gasteiger partial charge is 0.376 e. The fraction of sp³-hybridized carbons (Fsp3) is 0.143. The third kappa shape index (κ3) is 2.89. The highest BCUT2D eigenvalue weighted by atomic mass is 19.4. The summed E-state index contributed by atoms with van der Waals surface area (Å²) in [6.07, 6.45) is -5.10. The summed E-state index contributed by atoms with van der Waals surface area (Å²) in [6.45, 7) is 1.04. The molecule has 3 aromatic rings. The Morgan fingerprint density at radius 1 is 0.606 bits per heavy atom. The maximum absolute atomic E-state index is 14.8. The molecule has 12 heteroatoms. The molecule has 1 aliphatic carbocycles. The van der Waals surface area contributed by atoms with Crippen LogP contribution in [0.15, 0.2) is 18.2 Å².